The second-order valence-corrected chi connectivity index (χ2v) is 4.60. The van der Waals surface area contributed by atoms with Crippen molar-refractivity contribution in [2.24, 2.45) is 0 Å². The first-order valence-corrected chi connectivity index (χ1v) is 6.27. The van der Waals surface area contributed by atoms with E-state index in [0.717, 1.165) is 12.4 Å². The predicted octanol–water partition coefficient (Wildman–Crippen LogP) is -0.260. The van der Waals surface area contributed by atoms with Gasteiger partial charge in [-0.05, 0) is 19.1 Å². The summed E-state index contributed by atoms with van der Waals surface area (Å²) >= 11 is 0. The highest BCUT2D eigenvalue weighted by molar-refractivity contribution is 5.65. The van der Waals surface area contributed by atoms with Crippen molar-refractivity contribution in [1.82, 2.24) is 10.3 Å². The molecule has 0 bridgehead atoms. The summed E-state index contributed by atoms with van der Waals surface area (Å²) in [6, 6.07) is 3.59. The Morgan fingerprint density at radius 1 is 1.63 bits per heavy atom. The molecule has 1 aromatic heterocycles. The van der Waals surface area contributed by atoms with Crippen LogP contribution in [-0.4, -0.2) is 41.9 Å². The fourth-order valence-electron chi connectivity index (χ4n) is 2.16. The standard InChI is InChI=1S/C12H19N5O2/c1-2-14-11-9(13)3-4-10(16-11)17-6-5-12(19,7-17)15-8-18/h3-4,8,19H,2,5-7,13H2,1H3,(H,14,16)(H,15,18). The molecule has 0 radical (unpaired) electrons. The van der Waals surface area contributed by atoms with Crippen LogP contribution in [0, 0.1) is 0 Å². The van der Waals surface area contributed by atoms with Crippen LogP contribution < -0.4 is 21.3 Å². The Balaban J connectivity index is 2.15. The number of nitrogens with one attached hydrogen (secondary N) is 2. The highest BCUT2D eigenvalue weighted by Gasteiger charge is 2.36. The molecule has 1 saturated heterocycles. The number of aliphatic hydroxyl groups is 1. The van der Waals surface area contributed by atoms with Crippen molar-refractivity contribution >= 4 is 23.7 Å². The second-order valence-electron chi connectivity index (χ2n) is 4.60. The van der Waals surface area contributed by atoms with E-state index in [-0.39, 0.29) is 0 Å². The van der Waals surface area contributed by atoms with Gasteiger partial charge >= 0.3 is 0 Å². The minimum absolute atomic E-state index is 0.314. The number of nitrogens with zero attached hydrogens (tertiary/aromatic N) is 2. The number of carbonyl (C=O) groups excluding carboxylic acids is 1. The van der Waals surface area contributed by atoms with Gasteiger partial charge in [0.15, 0.2) is 11.5 Å². The summed E-state index contributed by atoms with van der Waals surface area (Å²) < 4.78 is 0. The molecule has 0 saturated carbocycles. The van der Waals surface area contributed by atoms with Gasteiger partial charge in [-0.25, -0.2) is 4.98 Å². The zero-order chi connectivity index (χ0) is 13.9. The number of β-amino-alcohol motifs (C(OH)–C–C–N with tert-alkyl or cyclic N) is 1. The third-order valence-electron chi connectivity index (χ3n) is 3.16. The average Bonchev–Trinajstić information content (AvgIpc) is 2.75. The first-order chi connectivity index (χ1) is 9.08. The van der Waals surface area contributed by atoms with Crippen molar-refractivity contribution in [1.29, 1.82) is 0 Å². The summed E-state index contributed by atoms with van der Waals surface area (Å²) in [7, 11) is 0. The fourth-order valence-corrected chi connectivity index (χ4v) is 2.16. The Morgan fingerprint density at radius 2 is 2.42 bits per heavy atom. The van der Waals surface area contributed by atoms with E-state index in [1.165, 1.54) is 0 Å². The van der Waals surface area contributed by atoms with Crippen molar-refractivity contribution < 1.29 is 9.90 Å². The first-order valence-electron chi connectivity index (χ1n) is 6.27. The number of nitrogens with two attached hydrogens (primary N) is 1. The van der Waals surface area contributed by atoms with Crippen molar-refractivity contribution in [3.05, 3.63) is 12.1 Å². The van der Waals surface area contributed by atoms with E-state index in [0.29, 0.717) is 37.4 Å². The summed E-state index contributed by atoms with van der Waals surface area (Å²) in [5.74, 6) is 1.37. The quantitative estimate of drug-likeness (QED) is 0.432. The van der Waals surface area contributed by atoms with E-state index >= 15 is 0 Å². The van der Waals surface area contributed by atoms with E-state index < -0.39 is 5.72 Å². The molecule has 2 heterocycles. The van der Waals surface area contributed by atoms with Gasteiger partial charge in [0.25, 0.3) is 0 Å². The van der Waals surface area contributed by atoms with Gasteiger partial charge in [-0.15, -0.1) is 0 Å². The minimum Gasteiger partial charge on any atom is -0.396 e. The lowest BCUT2D eigenvalue weighted by atomic mass is 10.2. The Labute approximate surface area is 111 Å². The summed E-state index contributed by atoms with van der Waals surface area (Å²) in [5.41, 5.74) is 5.24. The lowest BCUT2D eigenvalue weighted by Gasteiger charge is -2.23. The van der Waals surface area contributed by atoms with Gasteiger partial charge in [-0.2, -0.15) is 0 Å². The molecule has 0 aliphatic carbocycles. The third kappa shape index (κ3) is 2.87. The average molecular weight is 265 g/mol. The monoisotopic (exact) mass is 265 g/mol. The van der Waals surface area contributed by atoms with Gasteiger partial charge in [0, 0.05) is 19.5 Å². The fraction of sp³-hybridized carbons (Fsp3) is 0.500. The number of rotatable bonds is 5. The van der Waals surface area contributed by atoms with E-state index in [4.69, 9.17) is 5.73 Å². The number of anilines is 3. The molecule has 0 spiro atoms. The van der Waals surface area contributed by atoms with E-state index in [1.54, 1.807) is 6.07 Å². The van der Waals surface area contributed by atoms with Gasteiger partial charge in [0.05, 0.1) is 12.2 Å². The molecule has 7 heteroatoms. The normalized spacial score (nSPS) is 22.3. The van der Waals surface area contributed by atoms with E-state index in [1.807, 2.05) is 17.9 Å². The molecule has 7 nitrogen and oxygen atoms in total. The third-order valence-corrected chi connectivity index (χ3v) is 3.16. The van der Waals surface area contributed by atoms with Crippen LogP contribution in [0.1, 0.15) is 13.3 Å². The van der Waals surface area contributed by atoms with Crippen molar-refractivity contribution in [2.45, 2.75) is 19.1 Å². The van der Waals surface area contributed by atoms with Crippen molar-refractivity contribution in [3.8, 4) is 0 Å². The highest BCUT2D eigenvalue weighted by atomic mass is 16.3. The van der Waals surface area contributed by atoms with Crippen LogP contribution in [-0.2, 0) is 4.79 Å². The van der Waals surface area contributed by atoms with Crippen LogP contribution in [0.2, 0.25) is 0 Å². The molecule has 1 aromatic rings. The van der Waals surface area contributed by atoms with E-state index in [2.05, 4.69) is 15.6 Å². The van der Waals surface area contributed by atoms with Gasteiger partial charge in [-0.1, -0.05) is 0 Å². The number of amides is 1. The van der Waals surface area contributed by atoms with Crippen LogP contribution in [0.4, 0.5) is 17.3 Å². The Hall–Kier alpha value is -2.02. The SMILES string of the molecule is CCNc1nc(N2CCC(O)(NC=O)C2)ccc1N. The van der Waals surface area contributed by atoms with Crippen LogP contribution >= 0.6 is 0 Å². The molecule has 1 aliphatic rings. The molecule has 19 heavy (non-hydrogen) atoms. The maximum absolute atomic E-state index is 10.5. The molecular weight excluding hydrogens is 246 g/mol. The predicted molar refractivity (Wildman–Crippen MR) is 73.8 cm³/mol. The summed E-state index contributed by atoms with van der Waals surface area (Å²) in [5, 5.41) is 15.6. The van der Waals surface area contributed by atoms with Gasteiger partial charge in [-0.3, -0.25) is 4.79 Å². The van der Waals surface area contributed by atoms with Crippen molar-refractivity contribution in [3.63, 3.8) is 0 Å². The highest BCUT2D eigenvalue weighted by Crippen LogP contribution is 2.26. The largest absolute Gasteiger partial charge is 0.396 e. The lowest BCUT2D eigenvalue weighted by Crippen LogP contribution is -2.46. The molecule has 1 unspecified atom stereocenters. The van der Waals surface area contributed by atoms with Crippen LogP contribution in [0.25, 0.3) is 0 Å². The summed E-state index contributed by atoms with van der Waals surface area (Å²) in [4.78, 5) is 16.8. The maximum atomic E-state index is 10.5. The van der Waals surface area contributed by atoms with Crippen LogP contribution in [0.3, 0.4) is 0 Å². The Bertz CT molecular complexity index is 467. The van der Waals surface area contributed by atoms with Gasteiger partial charge < -0.3 is 26.4 Å². The Kier molecular flexibility index (Phi) is 3.75. The molecule has 1 aliphatic heterocycles. The van der Waals surface area contributed by atoms with Gasteiger partial charge in [0.2, 0.25) is 6.41 Å². The number of hydrogen-bond donors (Lipinski definition) is 4. The lowest BCUT2D eigenvalue weighted by molar-refractivity contribution is -0.115. The molecule has 0 aromatic carbocycles. The second kappa shape index (κ2) is 5.31. The zero-order valence-electron chi connectivity index (χ0n) is 10.9. The molecule has 1 atom stereocenters. The summed E-state index contributed by atoms with van der Waals surface area (Å²) in [6.45, 7) is 3.64. The number of hydrogen-bond acceptors (Lipinski definition) is 6. The summed E-state index contributed by atoms with van der Waals surface area (Å²) in [6.07, 6.45) is 0.984. The van der Waals surface area contributed by atoms with Crippen LogP contribution in [0.5, 0.6) is 0 Å². The zero-order valence-corrected chi connectivity index (χ0v) is 10.9. The number of nitrogen functional groups attached to an aromatic ring is 1. The number of aromatic nitrogens is 1. The van der Waals surface area contributed by atoms with Crippen LogP contribution in [0.15, 0.2) is 12.1 Å². The molecule has 2 rings (SSSR count). The maximum Gasteiger partial charge on any atom is 0.209 e. The molecule has 1 amide bonds. The van der Waals surface area contributed by atoms with Crippen molar-refractivity contribution in [2.75, 3.05) is 35.6 Å². The van der Waals surface area contributed by atoms with Gasteiger partial charge in [0.1, 0.15) is 5.82 Å². The molecule has 104 valence electrons. The molecule has 1 fully saturated rings. The smallest absolute Gasteiger partial charge is 0.209 e. The number of pyridine rings is 1. The molecule has 5 N–H and O–H groups in total. The minimum atomic E-state index is -1.18. The first kappa shape index (κ1) is 13.4. The topological polar surface area (TPSA) is 104 Å². The molecular formula is C12H19N5O2. The Morgan fingerprint density at radius 3 is 3.11 bits per heavy atom. The van der Waals surface area contributed by atoms with E-state index in [9.17, 15) is 9.90 Å². The number of carbonyl (C=O) groups is 1.